The number of nitrogens with two attached hydrogens (primary N) is 1. The maximum Gasteiger partial charge on any atom is 0.269 e. The summed E-state index contributed by atoms with van der Waals surface area (Å²) in [6, 6.07) is 0. The Bertz CT molecular complexity index is 292. The zero-order valence-corrected chi connectivity index (χ0v) is 6.03. The molecule has 0 aliphatic heterocycles. The fourth-order valence-electron chi connectivity index (χ4n) is 0.592. The van der Waals surface area contributed by atoms with Crippen molar-refractivity contribution in [1.29, 1.82) is 0 Å². The minimum Gasteiger partial charge on any atom is -0.445 e. The Kier molecular flexibility index (Phi) is 2.52. The van der Waals surface area contributed by atoms with E-state index in [2.05, 4.69) is 14.7 Å². The number of amides is 1. The highest BCUT2D eigenvalue weighted by Gasteiger charge is 2.03. The van der Waals surface area contributed by atoms with Crippen LogP contribution in [0.1, 0.15) is 10.5 Å². The molecule has 0 unspecified atom stereocenters. The van der Waals surface area contributed by atoms with Gasteiger partial charge in [0.2, 0.25) is 12.7 Å². The van der Waals surface area contributed by atoms with Crippen LogP contribution in [0.5, 0.6) is 5.88 Å². The Morgan fingerprint density at radius 1 is 1.67 bits per heavy atom. The predicted molar refractivity (Wildman–Crippen MR) is 37.2 cm³/mol. The van der Waals surface area contributed by atoms with Crippen LogP contribution in [0.4, 0.5) is 4.39 Å². The standard InChI is InChI=1S/C6H6FN3O2/c7-3-12-5-2-9-1-4(10-5)6(8)11/h1-2H,3H2,(H2,8,11). The summed E-state index contributed by atoms with van der Waals surface area (Å²) in [6.07, 6.45) is 2.36. The van der Waals surface area contributed by atoms with E-state index in [1.807, 2.05) is 0 Å². The van der Waals surface area contributed by atoms with E-state index in [4.69, 9.17) is 5.73 Å². The van der Waals surface area contributed by atoms with Crippen molar-refractivity contribution in [2.75, 3.05) is 6.86 Å². The quantitative estimate of drug-likeness (QED) is 0.687. The Morgan fingerprint density at radius 2 is 2.42 bits per heavy atom. The molecule has 0 bridgehead atoms. The van der Waals surface area contributed by atoms with E-state index in [1.54, 1.807) is 0 Å². The van der Waals surface area contributed by atoms with Gasteiger partial charge in [0.1, 0.15) is 5.69 Å². The molecule has 6 heteroatoms. The largest absolute Gasteiger partial charge is 0.445 e. The normalized spacial score (nSPS) is 9.42. The zero-order chi connectivity index (χ0) is 8.97. The van der Waals surface area contributed by atoms with Crippen molar-refractivity contribution in [3.05, 3.63) is 18.1 Å². The van der Waals surface area contributed by atoms with E-state index >= 15 is 0 Å². The summed E-state index contributed by atoms with van der Waals surface area (Å²) < 4.78 is 16.0. The van der Waals surface area contributed by atoms with E-state index in [-0.39, 0.29) is 11.6 Å². The van der Waals surface area contributed by atoms with Gasteiger partial charge in [-0.2, -0.15) is 0 Å². The molecule has 0 saturated carbocycles. The van der Waals surface area contributed by atoms with Gasteiger partial charge in [-0.1, -0.05) is 0 Å². The summed E-state index contributed by atoms with van der Waals surface area (Å²) in [5.74, 6) is -0.791. The van der Waals surface area contributed by atoms with Crippen LogP contribution in [-0.4, -0.2) is 22.7 Å². The smallest absolute Gasteiger partial charge is 0.269 e. The van der Waals surface area contributed by atoms with E-state index in [1.165, 1.54) is 12.4 Å². The molecule has 64 valence electrons. The zero-order valence-electron chi connectivity index (χ0n) is 6.03. The van der Waals surface area contributed by atoms with Crippen molar-refractivity contribution in [3.8, 4) is 5.88 Å². The first kappa shape index (κ1) is 8.38. The van der Waals surface area contributed by atoms with Gasteiger partial charge >= 0.3 is 0 Å². The summed E-state index contributed by atoms with van der Waals surface area (Å²) >= 11 is 0. The van der Waals surface area contributed by atoms with E-state index in [0.717, 1.165) is 0 Å². The molecule has 2 N–H and O–H groups in total. The lowest BCUT2D eigenvalue weighted by Gasteiger charge is -1.99. The third-order valence-electron chi connectivity index (χ3n) is 1.07. The van der Waals surface area contributed by atoms with Gasteiger partial charge in [0.25, 0.3) is 5.91 Å². The van der Waals surface area contributed by atoms with Gasteiger partial charge in [0.15, 0.2) is 0 Å². The molecular formula is C6H6FN3O2. The number of hydrogen-bond acceptors (Lipinski definition) is 4. The first-order valence-electron chi connectivity index (χ1n) is 3.04. The van der Waals surface area contributed by atoms with Crippen molar-refractivity contribution in [2.24, 2.45) is 5.73 Å². The number of rotatable bonds is 3. The summed E-state index contributed by atoms with van der Waals surface area (Å²) in [5, 5.41) is 0. The Morgan fingerprint density at radius 3 is 3.00 bits per heavy atom. The summed E-state index contributed by atoms with van der Waals surface area (Å²) in [4.78, 5) is 17.7. The molecule has 1 amide bonds. The molecule has 0 aromatic carbocycles. The van der Waals surface area contributed by atoms with Gasteiger partial charge in [-0.15, -0.1) is 0 Å². The maximum atomic E-state index is 11.6. The summed E-state index contributed by atoms with van der Waals surface area (Å²) in [7, 11) is 0. The average molecular weight is 171 g/mol. The van der Waals surface area contributed by atoms with Gasteiger partial charge < -0.3 is 10.5 Å². The van der Waals surface area contributed by atoms with Gasteiger partial charge in [0.05, 0.1) is 12.4 Å². The Hall–Kier alpha value is -1.72. The van der Waals surface area contributed by atoms with Crippen LogP contribution in [0, 0.1) is 0 Å². The van der Waals surface area contributed by atoms with Crippen molar-refractivity contribution >= 4 is 5.91 Å². The topological polar surface area (TPSA) is 78.1 Å². The molecule has 0 fully saturated rings. The minimum absolute atomic E-state index is 0.0547. The van der Waals surface area contributed by atoms with Crippen LogP contribution in [0.3, 0.4) is 0 Å². The second-order valence-electron chi connectivity index (χ2n) is 1.86. The van der Waals surface area contributed by atoms with Crippen molar-refractivity contribution in [1.82, 2.24) is 9.97 Å². The lowest BCUT2D eigenvalue weighted by Crippen LogP contribution is -2.13. The molecule has 0 aliphatic carbocycles. The predicted octanol–water partition coefficient (Wildman–Crippen LogP) is -0.119. The highest BCUT2D eigenvalue weighted by atomic mass is 19.1. The van der Waals surface area contributed by atoms with Crippen LogP contribution < -0.4 is 10.5 Å². The first-order valence-corrected chi connectivity index (χ1v) is 3.04. The molecule has 0 radical (unpaired) electrons. The highest BCUT2D eigenvalue weighted by molar-refractivity contribution is 5.90. The molecule has 0 atom stereocenters. The Labute approximate surface area is 67.4 Å². The SMILES string of the molecule is NC(=O)c1cncc(OCF)n1. The minimum atomic E-state index is -1.02. The molecular weight excluding hydrogens is 165 g/mol. The van der Waals surface area contributed by atoms with Crippen LogP contribution in [0.2, 0.25) is 0 Å². The number of alkyl halides is 1. The van der Waals surface area contributed by atoms with Crippen molar-refractivity contribution < 1.29 is 13.9 Å². The number of aromatic nitrogens is 2. The number of carbonyl (C=O) groups is 1. The lowest BCUT2D eigenvalue weighted by molar-refractivity contribution is 0.0992. The monoisotopic (exact) mass is 171 g/mol. The molecule has 0 spiro atoms. The molecule has 1 aromatic heterocycles. The van der Waals surface area contributed by atoms with Gasteiger partial charge in [-0.25, -0.2) is 9.37 Å². The second-order valence-corrected chi connectivity index (χ2v) is 1.86. The number of nitrogens with zero attached hydrogens (tertiary/aromatic N) is 2. The molecule has 0 saturated heterocycles. The van der Waals surface area contributed by atoms with Crippen LogP contribution in [-0.2, 0) is 0 Å². The number of hydrogen-bond donors (Lipinski definition) is 1. The van der Waals surface area contributed by atoms with Crippen molar-refractivity contribution in [2.45, 2.75) is 0 Å². The summed E-state index contributed by atoms with van der Waals surface area (Å²) in [5.41, 5.74) is 4.83. The van der Waals surface area contributed by atoms with Crippen molar-refractivity contribution in [3.63, 3.8) is 0 Å². The van der Waals surface area contributed by atoms with E-state index in [0.29, 0.717) is 0 Å². The molecule has 1 rings (SSSR count). The van der Waals surface area contributed by atoms with Crippen LogP contribution >= 0.6 is 0 Å². The van der Waals surface area contributed by atoms with E-state index in [9.17, 15) is 9.18 Å². The van der Waals surface area contributed by atoms with Crippen LogP contribution in [0.25, 0.3) is 0 Å². The van der Waals surface area contributed by atoms with Crippen LogP contribution in [0.15, 0.2) is 12.4 Å². The molecule has 0 aliphatic rings. The maximum absolute atomic E-state index is 11.6. The van der Waals surface area contributed by atoms with Gasteiger partial charge in [0, 0.05) is 0 Å². The Balaban J connectivity index is 2.88. The molecule has 1 heterocycles. The number of primary amides is 1. The first-order chi connectivity index (χ1) is 5.74. The average Bonchev–Trinajstić information content (AvgIpc) is 2.05. The number of carbonyl (C=O) groups excluding carboxylic acids is 1. The lowest BCUT2D eigenvalue weighted by atomic mass is 10.4. The highest BCUT2D eigenvalue weighted by Crippen LogP contribution is 2.03. The van der Waals surface area contributed by atoms with Gasteiger partial charge in [-0.05, 0) is 0 Å². The molecule has 12 heavy (non-hydrogen) atoms. The fourth-order valence-corrected chi connectivity index (χ4v) is 0.592. The number of halogens is 1. The second kappa shape index (κ2) is 3.61. The van der Waals surface area contributed by atoms with Gasteiger partial charge in [-0.3, -0.25) is 9.78 Å². The summed E-state index contributed by atoms with van der Waals surface area (Å²) in [6.45, 7) is -1.02. The third-order valence-corrected chi connectivity index (χ3v) is 1.07. The number of ether oxygens (including phenoxy) is 1. The fraction of sp³-hybridized carbons (Fsp3) is 0.167. The third kappa shape index (κ3) is 1.88. The van der Waals surface area contributed by atoms with E-state index < -0.39 is 12.8 Å². The molecule has 1 aromatic rings. The molecule has 5 nitrogen and oxygen atoms in total.